The molecule has 1 aromatic carbocycles. The van der Waals surface area contributed by atoms with Gasteiger partial charge in [0, 0.05) is 44.7 Å². The van der Waals surface area contributed by atoms with Crippen LogP contribution in [0.15, 0.2) is 22.8 Å². The summed E-state index contributed by atoms with van der Waals surface area (Å²) in [6.07, 6.45) is 5.58. The third-order valence-corrected chi connectivity index (χ3v) is 10.7. The van der Waals surface area contributed by atoms with Crippen LogP contribution < -0.4 is 16.0 Å². The van der Waals surface area contributed by atoms with Crippen molar-refractivity contribution in [3.8, 4) is 0 Å². The Hall–Kier alpha value is -4.07. The van der Waals surface area contributed by atoms with Gasteiger partial charge in [0.25, 0.3) is 5.91 Å². The first-order valence-corrected chi connectivity index (χ1v) is 17.6. The normalized spacial score (nSPS) is 23.2. The topological polar surface area (TPSA) is 153 Å². The second kappa shape index (κ2) is 15.6. The van der Waals surface area contributed by atoms with Crippen LogP contribution in [0.25, 0.3) is 0 Å². The van der Waals surface area contributed by atoms with Crippen LogP contribution in [0.3, 0.4) is 0 Å². The molecule has 2 heterocycles. The highest BCUT2D eigenvalue weighted by atomic mass is 19.1. The molecule has 5 rings (SSSR count). The number of nitrogens with one attached hydrogen (secondary N) is 3. The van der Waals surface area contributed by atoms with E-state index in [-0.39, 0.29) is 41.3 Å². The lowest BCUT2D eigenvalue weighted by Gasteiger charge is -2.40. The Kier molecular flexibility index (Phi) is 11.6. The Morgan fingerprint density at radius 3 is 2.39 bits per heavy atom. The molecule has 2 aromatic rings. The first-order chi connectivity index (χ1) is 23.4. The maximum Gasteiger partial charge on any atom is 0.318 e. The molecular weight excluding hydrogens is 631 g/mol. The molecule has 0 spiro atoms. The molecule has 13 nitrogen and oxygen atoms in total. The van der Waals surface area contributed by atoms with Gasteiger partial charge in [-0.2, -0.15) is 0 Å². The average molecular weight is 683 g/mol. The standard InChI is InChI=1S/C35H51FN8O5/c1-7-27-31(41-49-40-27)33(46)38-30(23-10-8-20(2)9-11-23)32(45)37-28-15-12-24(18-26(28)36)22(4)29(39-35(48)43(6)25-13-14-25)34(47)44-17-16-42(5)21(3)19-44/h12,15,18,20-23,25,29-30H,7-11,13-14,16-17,19H2,1-6H3,(H,37,45)(H,38,46)(H,39,48)/t20?,21-,22+,23?,29-,30+/m1/s1. The molecular formula is C35H51FN8O5. The van der Waals surface area contributed by atoms with Crippen molar-refractivity contribution >= 4 is 29.4 Å². The molecule has 3 fully saturated rings. The van der Waals surface area contributed by atoms with E-state index < -0.39 is 35.6 Å². The molecule has 49 heavy (non-hydrogen) atoms. The van der Waals surface area contributed by atoms with Gasteiger partial charge in [0.05, 0.1) is 5.69 Å². The number of anilines is 1. The second-order valence-electron chi connectivity index (χ2n) is 14.3. The first-order valence-electron chi connectivity index (χ1n) is 17.6. The van der Waals surface area contributed by atoms with Crippen molar-refractivity contribution in [2.45, 2.75) is 103 Å². The summed E-state index contributed by atoms with van der Waals surface area (Å²) in [4.78, 5) is 59.6. The van der Waals surface area contributed by atoms with Crippen LogP contribution in [0.2, 0.25) is 0 Å². The summed E-state index contributed by atoms with van der Waals surface area (Å²) >= 11 is 0. The van der Waals surface area contributed by atoms with Gasteiger partial charge >= 0.3 is 6.03 Å². The number of halogens is 1. The van der Waals surface area contributed by atoms with Crippen molar-refractivity contribution in [2.75, 3.05) is 39.0 Å². The number of piperazine rings is 1. The Balaban J connectivity index is 1.33. The summed E-state index contributed by atoms with van der Waals surface area (Å²) in [6, 6.07) is 2.56. The summed E-state index contributed by atoms with van der Waals surface area (Å²) in [5, 5.41) is 16.0. The number of amides is 5. The number of benzene rings is 1. The lowest BCUT2D eigenvalue weighted by Crippen LogP contribution is -2.59. The fraction of sp³-hybridized carbons (Fsp3) is 0.657. The number of carbonyl (C=O) groups excluding carboxylic acids is 4. The molecule has 5 amide bonds. The summed E-state index contributed by atoms with van der Waals surface area (Å²) < 4.78 is 20.6. The molecule has 0 radical (unpaired) electrons. The van der Waals surface area contributed by atoms with Crippen LogP contribution in [0.1, 0.15) is 93.9 Å². The molecule has 2 saturated carbocycles. The minimum atomic E-state index is -0.925. The number of nitrogens with zero attached hydrogens (tertiary/aromatic N) is 5. The minimum absolute atomic E-state index is 0.0274. The van der Waals surface area contributed by atoms with Crippen molar-refractivity contribution in [2.24, 2.45) is 11.8 Å². The summed E-state index contributed by atoms with van der Waals surface area (Å²) in [7, 11) is 3.74. The van der Waals surface area contributed by atoms with Gasteiger partial charge in [-0.1, -0.05) is 44.8 Å². The van der Waals surface area contributed by atoms with E-state index in [1.165, 1.54) is 12.1 Å². The average Bonchev–Trinajstić information content (AvgIpc) is 3.83. The van der Waals surface area contributed by atoms with Crippen molar-refractivity contribution in [1.82, 2.24) is 35.6 Å². The fourth-order valence-electron chi connectivity index (χ4n) is 6.86. The highest BCUT2D eigenvalue weighted by Crippen LogP contribution is 2.32. The molecule has 1 saturated heterocycles. The fourth-order valence-corrected chi connectivity index (χ4v) is 6.86. The number of rotatable bonds is 11. The van der Waals surface area contributed by atoms with Gasteiger partial charge < -0.3 is 30.7 Å². The maximum absolute atomic E-state index is 15.8. The van der Waals surface area contributed by atoms with E-state index in [1.807, 2.05) is 14.0 Å². The number of carbonyl (C=O) groups is 4. The Labute approximate surface area is 287 Å². The summed E-state index contributed by atoms with van der Waals surface area (Å²) in [6.45, 7) is 9.60. The number of likely N-dealkylation sites (N-methyl/N-ethyl adjacent to an activating group) is 1. The zero-order valence-electron chi connectivity index (χ0n) is 29.5. The van der Waals surface area contributed by atoms with Crippen molar-refractivity contribution in [3.05, 3.63) is 41.0 Å². The van der Waals surface area contributed by atoms with Crippen LogP contribution in [0.4, 0.5) is 14.9 Å². The van der Waals surface area contributed by atoms with Gasteiger partial charge in [-0.15, -0.1) is 0 Å². The smallest absolute Gasteiger partial charge is 0.318 e. The molecule has 3 aliphatic rings. The number of urea groups is 1. The molecule has 4 atom stereocenters. The van der Waals surface area contributed by atoms with Crippen LogP contribution >= 0.6 is 0 Å². The van der Waals surface area contributed by atoms with Crippen LogP contribution in [-0.4, -0.2) is 107 Å². The largest absolute Gasteiger partial charge is 0.338 e. The van der Waals surface area contributed by atoms with E-state index in [4.69, 9.17) is 4.63 Å². The van der Waals surface area contributed by atoms with Gasteiger partial charge in [0.2, 0.25) is 11.8 Å². The predicted octanol–water partition coefficient (Wildman–Crippen LogP) is 3.77. The lowest BCUT2D eigenvalue weighted by molar-refractivity contribution is -0.136. The van der Waals surface area contributed by atoms with Gasteiger partial charge in [-0.05, 0) is 80.8 Å². The zero-order chi connectivity index (χ0) is 35.4. The van der Waals surface area contributed by atoms with E-state index >= 15 is 4.39 Å². The second-order valence-corrected chi connectivity index (χ2v) is 14.3. The van der Waals surface area contributed by atoms with Gasteiger partial charge in [0.1, 0.15) is 23.6 Å². The molecule has 0 bridgehead atoms. The minimum Gasteiger partial charge on any atom is -0.338 e. The molecule has 1 aromatic heterocycles. The Morgan fingerprint density at radius 1 is 1.04 bits per heavy atom. The Bertz CT molecular complexity index is 1510. The van der Waals surface area contributed by atoms with Crippen molar-refractivity contribution in [3.63, 3.8) is 0 Å². The third kappa shape index (κ3) is 8.57. The maximum atomic E-state index is 15.8. The molecule has 268 valence electrons. The van der Waals surface area contributed by atoms with Gasteiger partial charge in [0.15, 0.2) is 5.69 Å². The lowest BCUT2D eigenvalue weighted by atomic mass is 9.79. The van der Waals surface area contributed by atoms with E-state index in [0.717, 1.165) is 38.5 Å². The van der Waals surface area contributed by atoms with Gasteiger partial charge in [-0.25, -0.2) is 13.8 Å². The molecule has 14 heteroatoms. The quantitative estimate of drug-likeness (QED) is 0.324. The van der Waals surface area contributed by atoms with Crippen molar-refractivity contribution in [1.29, 1.82) is 0 Å². The highest BCUT2D eigenvalue weighted by molar-refractivity contribution is 6.01. The number of hydrogen-bond donors (Lipinski definition) is 3. The monoisotopic (exact) mass is 682 g/mol. The number of aryl methyl sites for hydroxylation is 1. The summed E-state index contributed by atoms with van der Waals surface area (Å²) in [5.74, 6) is -2.20. The first kappa shape index (κ1) is 36.2. The molecule has 2 aliphatic carbocycles. The van der Waals surface area contributed by atoms with Gasteiger partial charge in [-0.3, -0.25) is 14.4 Å². The summed E-state index contributed by atoms with van der Waals surface area (Å²) in [5.41, 5.74) is 0.871. The zero-order valence-corrected chi connectivity index (χ0v) is 29.5. The molecule has 0 unspecified atom stereocenters. The SMILES string of the molecule is CCc1nonc1C(=O)N[C@H](C(=O)Nc1ccc([C@H](C)[C@@H](NC(=O)N(C)C2CC2)C(=O)N2CCN(C)[C@H](C)C2)cc1F)C1CCC(C)CC1. The number of aromatic nitrogens is 2. The van der Waals surface area contributed by atoms with E-state index in [1.54, 1.807) is 29.8 Å². The van der Waals surface area contributed by atoms with Crippen LogP contribution in [0.5, 0.6) is 0 Å². The third-order valence-electron chi connectivity index (χ3n) is 10.7. The van der Waals surface area contributed by atoms with E-state index in [2.05, 4.69) is 45.0 Å². The molecule has 3 N–H and O–H groups in total. The number of hydrogen-bond acceptors (Lipinski definition) is 8. The predicted molar refractivity (Wildman–Crippen MR) is 181 cm³/mol. The molecule has 1 aliphatic heterocycles. The Morgan fingerprint density at radius 2 is 1.76 bits per heavy atom. The van der Waals surface area contributed by atoms with Crippen LogP contribution in [0, 0.1) is 17.7 Å². The van der Waals surface area contributed by atoms with E-state index in [9.17, 15) is 19.2 Å². The van der Waals surface area contributed by atoms with E-state index in [0.29, 0.717) is 43.2 Å². The highest BCUT2D eigenvalue weighted by Gasteiger charge is 2.38. The van der Waals surface area contributed by atoms with Crippen molar-refractivity contribution < 1.29 is 28.2 Å². The van der Waals surface area contributed by atoms with Crippen LogP contribution in [-0.2, 0) is 16.0 Å².